The first-order chi connectivity index (χ1) is 12.3. The highest BCUT2D eigenvalue weighted by atomic mass is 16.4. The van der Waals surface area contributed by atoms with Gasteiger partial charge in [-0.15, -0.1) is 0 Å². The third-order valence-corrected chi connectivity index (χ3v) is 4.12. The standard InChI is InChI=1S/C21H26N2O3/c1-14-7-9-19(15(2)11-14)23-20(24)12-16(3)22-18-6-4-5-17(13-18)8-10-21(25)26/h4-7,9,11,13,16,22H,8,10,12H2,1-3H3,(H,23,24)(H,25,26). The van der Waals surface area contributed by atoms with Gasteiger partial charge in [-0.2, -0.15) is 0 Å². The Morgan fingerprint density at radius 3 is 2.58 bits per heavy atom. The minimum Gasteiger partial charge on any atom is -0.481 e. The van der Waals surface area contributed by atoms with E-state index >= 15 is 0 Å². The van der Waals surface area contributed by atoms with Crippen LogP contribution in [0.3, 0.4) is 0 Å². The molecule has 2 aromatic rings. The van der Waals surface area contributed by atoms with Crippen molar-refractivity contribution >= 4 is 23.3 Å². The van der Waals surface area contributed by atoms with Crippen LogP contribution in [0.5, 0.6) is 0 Å². The molecular formula is C21H26N2O3. The number of carboxylic acid groups (broad SMARTS) is 1. The number of amides is 1. The number of hydrogen-bond donors (Lipinski definition) is 3. The molecule has 0 aliphatic heterocycles. The fourth-order valence-corrected chi connectivity index (χ4v) is 2.84. The lowest BCUT2D eigenvalue weighted by molar-refractivity contribution is -0.137. The minimum atomic E-state index is -0.806. The van der Waals surface area contributed by atoms with Gasteiger partial charge in [0.2, 0.25) is 5.91 Å². The van der Waals surface area contributed by atoms with Crippen LogP contribution in [-0.2, 0) is 16.0 Å². The van der Waals surface area contributed by atoms with Gasteiger partial charge >= 0.3 is 5.97 Å². The molecule has 2 rings (SSSR count). The molecule has 0 saturated heterocycles. The molecule has 0 aromatic heterocycles. The van der Waals surface area contributed by atoms with Crippen LogP contribution in [0, 0.1) is 13.8 Å². The summed E-state index contributed by atoms with van der Waals surface area (Å²) in [4.78, 5) is 23.0. The quantitative estimate of drug-likeness (QED) is 0.665. The molecule has 0 radical (unpaired) electrons. The molecule has 3 N–H and O–H groups in total. The molecule has 0 spiro atoms. The molecule has 5 heteroatoms. The predicted octanol–water partition coefficient (Wildman–Crippen LogP) is 4.15. The van der Waals surface area contributed by atoms with Crippen LogP contribution in [0.4, 0.5) is 11.4 Å². The van der Waals surface area contributed by atoms with E-state index in [0.717, 1.165) is 22.5 Å². The average Bonchev–Trinajstić information content (AvgIpc) is 2.55. The molecule has 138 valence electrons. The second-order valence-electron chi connectivity index (χ2n) is 6.71. The zero-order valence-electron chi connectivity index (χ0n) is 15.5. The molecule has 0 aliphatic carbocycles. The number of aryl methyl sites for hydroxylation is 3. The van der Waals surface area contributed by atoms with Gasteiger partial charge in [-0.25, -0.2) is 0 Å². The molecule has 0 bridgehead atoms. The van der Waals surface area contributed by atoms with E-state index in [0.29, 0.717) is 12.8 Å². The number of carboxylic acids is 1. The van der Waals surface area contributed by atoms with Gasteiger partial charge in [-0.05, 0) is 56.5 Å². The van der Waals surface area contributed by atoms with E-state index in [1.807, 2.05) is 63.2 Å². The van der Waals surface area contributed by atoms with E-state index in [1.54, 1.807) is 0 Å². The van der Waals surface area contributed by atoms with Crippen LogP contribution >= 0.6 is 0 Å². The molecule has 0 fully saturated rings. The van der Waals surface area contributed by atoms with Gasteiger partial charge in [0.15, 0.2) is 0 Å². The smallest absolute Gasteiger partial charge is 0.303 e. The number of nitrogens with one attached hydrogen (secondary N) is 2. The number of carbonyl (C=O) groups excluding carboxylic acids is 1. The first-order valence-electron chi connectivity index (χ1n) is 8.78. The largest absolute Gasteiger partial charge is 0.481 e. The molecule has 26 heavy (non-hydrogen) atoms. The topological polar surface area (TPSA) is 78.4 Å². The van der Waals surface area contributed by atoms with E-state index < -0.39 is 5.97 Å². The van der Waals surface area contributed by atoms with Crippen molar-refractivity contribution in [2.45, 2.75) is 46.1 Å². The van der Waals surface area contributed by atoms with Crippen molar-refractivity contribution in [3.63, 3.8) is 0 Å². The molecule has 1 atom stereocenters. The van der Waals surface area contributed by atoms with Crippen molar-refractivity contribution in [3.8, 4) is 0 Å². The Morgan fingerprint density at radius 2 is 1.88 bits per heavy atom. The van der Waals surface area contributed by atoms with E-state index in [-0.39, 0.29) is 18.4 Å². The van der Waals surface area contributed by atoms with Crippen molar-refractivity contribution in [2.75, 3.05) is 10.6 Å². The van der Waals surface area contributed by atoms with E-state index in [2.05, 4.69) is 10.6 Å². The van der Waals surface area contributed by atoms with Gasteiger partial charge in [0.05, 0.1) is 0 Å². The predicted molar refractivity (Wildman–Crippen MR) is 105 cm³/mol. The lowest BCUT2D eigenvalue weighted by Crippen LogP contribution is -2.24. The highest BCUT2D eigenvalue weighted by Crippen LogP contribution is 2.17. The molecule has 1 amide bonds. The Labute approximate surface area is 154 Å². The molecule has 0 aliphatic rings. The summed E-state index contributed by atoms with van der Waals surface area (Å²) < 4.78 is 0. The Kier molecular flexibility index (Phi) is 6.78. The van der Waals surface area contributed by atoms with Crippen LogP contribution in [0.25, 0.3) is 0 Å². The lowest BCUT2D eigenvalue weighted by atomic mass is 10.1. The van der Waals surface area contributed by atoms with Gasteiger partial charge in [0.25, 0.3) is 0 Å². The average molecular weight is 354 g/mol. The first kappa shape index (κ1) is 19.5. The summed E-state index contributed by atoms with van der Waals surface area (Å²) >= 11 is 0. The summed E-state index contributed by atoms with van der Waals surface area (Å²) in [7, 11) is 0. The molecular weight excluding hydrogens is 328 g/mol. The molecule has 2 aromatic carbocycles. The van der Waals surface area contributed by atoms with Crippen molar-refractivity contribution in [1.29, 1.82) is 0 Å². The fourth-order valence-electron chi connectivity index (χ4n) is 2.84. The van der Waals surface area contributed by atoms with Crippen LogP contribution in [0.2, 0.25) is 0 Å². The third kappa shape index (κ3) is 6.24. The summed E-state index contributed by atoms with van der Waals surface area (Å²) in [6.07, 6.45) is 0.941. The van der Waals surface area contributed by atoms with Gasteiger partial charge in [0.1, 0.15) is 0 Å². The number of benzene rings is 2. The van der Waals surface area contributed by atoms with E-state index in [9.17, 15) is 9.59 Å². The van der Waals surface area contributed by atoms with Crippen LogP contribution in [0.15, 0.2) is 42.5 Å². The van der Waals surface area contributed by atoms with Crippen molar-refractivity contribution < 1.29 is 14.7 Å². The third-order valence-electron chi connectivity index (χ3n) is 4.12. The minimum absolute atomic E-state index is 0.0426. The summed E-state index contributed by atoms with van der Waals surface area (Å²) in [5, 5.41) is 15.0. The Hall–Kier alpha value is -2.82. The molecule has 0 heterocycles. The maximum absolute atomic E-state index is 12.3. The number of hydrogen-bond acceptors (Lipinski definition) is 3. The highest BCUT2D eigenvalue weighted by molar-refractivity contribution is 5.92. The van der Waals surface area contributed by atoms with E-state index in [1.165, 1.54) is 5.56 Å². The van der Waals surface area contributed by atoms with Crippen LogP contribution in [0.1, 0.15) is 36.5 Å². The summed E-state index contributed by atoms with van der Waals surface area (Å²) in [6.45, 7) is 5.95. The van der Waals surface area contributed by atoms with Crippen LogP contribution < -0.4 is 10.6 Å². The van der Waals surface area contributed by atoms with Crippen molar-refractivity contribution in [1.82, 2.24) is 0 Å². The van der Waals surface area contributed by atoms with Gasteiger partial charge in [0, 0.05) is 30.3 Å². The SMILES string of the molecule is Cc1ccc(NC(=O)CC(C)Nc2cccc(CCC(=O)O)c2)c(C)c1. The fraction of sp³-hybridized carbons (Fsp3) is 0.333. The highest BCUT2D eigenvalue weighted by Gasteiger charge is 2.11. The Bertz CT molecular complexity index is 787. The summed E-state index contributed by atoms with van der Waals surface area (Å²) in [5.41, 5.74) is 4.90. The Morgan fingerprint density at radius 1 is 1.12 bits per heavy atom. The monoisotopic (exact) mass is 354 g/mol. The molecule has 1 unspecified atom stereocenters. The second-order valence-corrected chi connectivity index (χ2v) is 6.71. The zero-order chi connectivity index (χ0) is 19.1. The van der Waals surface area contributed by atoms with Crippen molar-refractivity contribution in [2.24, 2.45) is 0 Å². The maximum Gasteiger partial charge on any atom is 0.303 e. The molecule has 0 saturated carbocycles. The normalized spacial score (nSPS) is 11.7. The van der Waals surface area contributed by atoms with Gasteiger partial charge in [-0.1, -0.05) is 29.8 Å². The first-order valence-corrected chi connectivity index (χ1v) is 8.78. The summed E-state index contributed by atoms with van der Waals surface area (Å²) in [5.74, 6) is -0.848. The second kappa shape index (κ2) is 9.04. The number of anilines is 2. The van der Waals surface area contributed by atoms with Crippen LogP contribution in [-0.4, -0.2) is 23.0 Å². The Balaban J connectivity index is 1.89. The van der Waals surface area contributed by atoms with Crippen molar-refractivity contribution in [3.05, 3.63) is 59.2 Å². The lowest BCUT2D eigenvalue weighted by Gasteiger charge is -2.16. The van der Waals surface area contributed by atoms with Gasteiger partial charge < -0.3 is 15.7 Å². The van der Waals surface area contributed by atoms with E-state index in [4.69, 9.17) is 5.11 Å². The van der Waals surface area contributed by atoms with Gasteiger partial charge in [-0.3, -0.25) is 9.59 Å². The summed E-state index contributed by atoms with van der Waals surface area (Å²) in [6, 6.07) is 13.5. The maximum atomic E-state index is 12.3. The molecule has 5 nitrogen and oxygen atoms in total. The number of carbonyl (C=O) groups is 2. The number of rotatable bonds is 8. The zero-order valence-corrected chi connectivity index (χ0v) is 15.5. The number of aliphatic carboxylic acids is 1.